The Kier molecular flexibility index (Phi) is 37.6. The number of hydrogen-bond donors (Lipinski definition) is 0. The minimum absolute atomic E-state index is 0.0961. The zero-order valence-electron chi connectivity index (χ0n) is 46.1. The molecule has 73 heavy (non-hydrogen) atoms. The molecule has 0 amide bonds. The second kappa shape index (κ2) is 43.8. The van der Waals surface area contributed by atoms with Crippen LogP contribution in [0.25, 0.3) is 0 Å². The highest BCUT2D eigenvalue weighted by Crippen LogP contribution is 2.19. The van der Waals surface area contributed by atoms with Gasteiger partial charge in [0.2, 0.25) is 0 Å². The van der Waals surface area contributed by atoms with Gasteiger partial charge in [-0.3, -0.25) is 4.90 Å². The lowest BCUT2D eigenvalue weighted by Crippen LogP contribution is -2.35. The van der Waals surface area contributed by atoms with Gasteiger partial charge in [0, 0.05) is 19.6 Å². The molecule has 0 radical (unpaired) electrons. The topological polar surface area (TPSA) is 110 Å². The molecule has 0 fully saturated rings. The number of hydrogen-bond acceptors (Lipinski definition) is 10. The predicted molar refractivity (Wildman–Crippen MR) is 299 cm³/mol. The van der Waals surface area contributed by atoms with E-state index in [1.54, 1.807) is 36.4 Å². The van der Waals surface area contributed by atoms with E-state index < -0.39 is 17.9 Å². The molecule has 0 aliphatic carbocycles. The number of unbranched alkanes of at least 4 members (excludes halogenated alkanes) is 27. The lowest BCUT2D eigenvalue weighted by Gasteiger charge is -2.22. The van der Waals surface area contributed by atoms with Gasteiger partial charge in [-0.05, 0) is 92.1 Å². The fourth-order valence-electron chi connectivity index (χ4n) is 8.79. The third-order valence-corrected chi connectivity index (χ3v) is 13.5. The van der Waals surface area contributed by atoms with Crippen LogP contribution in [0.3, 0.4) is 0 Å². The van der Waals surface area contributed by atoms with E-state index in [9.17, 15) is 14.4 Å². The van der Waals surface area contributed by atoms with Gasteiger partial charge < -0.3 is 28.4 Å². The molecule has 0 atom stereocenters. The average molecular weight is 1010 g/mol. The summed E-state index contributed by atoms with van der Waals surface area (Å²) in [5.74, 6) is 0.879. The Bertz CT molecular complexity index is 1570. The van der Waals surface area contributed by atoms with Crippen molar-refractivity contribution >= 4 is 17.9 Å². The molecule has 3 rings (SSSR count). The third-order valence-electron chi connectivity index (χ3n) is 13.5. The molecule has 0 aliphatic rings. The van der Waals surface area contributed by atoms with Crippen molar-refractivity contribution in [2.75, 3.05) is 59.3 Å². The van der Waals surface area contributed by atoms with Crippen molar-refractivity contribution in [1.29, 1.82) is 0 Å². The summed E-state index contributed by atoms with van der Waals surface area (Å²) in [6.07, 6.45) is 38.2. The molecule has 0 aromatic heterocycles. The molecule has 410 valence electrons. The maximum atomic E-state index is 13.0. The summed E-state index contributed by atoms with van der Waals surface area (Å²) in [4.78, 5) is 41.1. The first-order valence-electron chi connectivity index (χ1n) is 29.4. The summed E-state index contributed by atoms with van der Waals surface area (Å²) >= 11 is 0. The average Bonchev–Trinajstić information content (AvgIpc) is 3.41. The van der Waals surface area contributed by atoms with Crippen molar-refractivity contribution in [3.8, 4) is 17.2 Å². The molecular weight excluding hydrogens is 915 g/mol. The normalized spacial score (nSPS) is 11.2. The molecule has 0 bridgehead atoms. The van der Waals surface area contributed by atoms with E-state index in [4.69, 9.17) is 28.4 Å². The summed E-state index contributed by atoms with van der Waals surface area (Å²) in [5, 5.41) is 0. The fraction of sp³-hybridized carbons (Fsp3) is 0.667. The van der Waals surface area contributed by atoms with E-state index >= 15 is 0 Å². The van der Waals surface area contributed by atoms with Gasteiger partial charge in [-0.2, -0.15) is 0 Å². The van der Waals surface area contributed by atoms with Crippen molar-refractivity contribution in [2.45, 2.75) is 213 Å². The van der Waals surface area contributed by atoms with Gasteiger partial charge in [0.15, 0.2) is 0 Å². The van der Waals surface area contributed by atoms with Crippen LogP contribution in [-0.2, 0) is 14.2 Å². The van der Waals surface area contributed by atoms with Crippen molar-refractivity contribution in [3.05, 3.63) is 89.5 Å². The Morgan fingerprint density at radius 2 is 0.493 bits per heavy atom. The number of nitrogens with zero attached hydrogens (tertiary/aromatic N) is 1. The molecular formula is C63H99NO9. The van der Waals surface area contributed by atoms with Crippen LogP contribution in [0.2, 0.25) is 0 Å². The van der Waals surface area contributed by atoms with Crippen molar-refractivity contribution in [1.82, 2.24) is 4.90 Å². The quantitative estimate of drug-likeness (QED) is 0.0308. The van der Waals surface area contributed by atoms with Crippen molar-refractivity contribution in [2.24, 2.45) is 0 Å². The van der Waals surface area contributed by atoms with Gasteiger partial charge in [0.1, 0.15) is 37.1 Å². The zero-order chi connectivity index (χ0) is 52.1. The Morgan fingerprint density at radius 1 is 0.288 bits per heavy atom. The molecule has 10 nitrogen and oxygen atoms in total. The van der Waals surface area contributed by atoms with E-state index in [-0.39, 0.29) is 19.8 Å². The van der Waals surface area contributed by atoms with Gasteiger partial charge in [-0.25, -0.2) is 14.4 Å². The van der Waals surface area contributed by atoms with Crippen LogP contribution < -0.4 is 14.2 Å². The standard InChI is InChI=1S/C63H99NO9/c1-4-7-10-13-16-19-22-25-28-31-49-68-58-40-34-55(35-41-58)61(65)71-52-46-64(47-53-72-62(66)56-36-42-59(43-37-56)69-50-32-29-26-23-20-17-14-11-8-5-2)48-54-73-63(67)57-38-44-60(45-39-57)70-51-33-30-27-24-21-18-15-12-9-6-3/h34-45H,4-33,46-54H2,1-3H3. The maximum absolute atomic E-state index is 13.0. The predicted octanol–water partition coefficient (Wildman–Crippen LogP) is 16.8. The molecule has 10 heteroatoms. The van der Waals surface area contributed by atoms with Crippen LogP contribution in [0.4, 0.5) is 0 Å². The number of esters is 3. The fourth-order valence-corrected chi connectivity index (χ4v) is 8.79. The Morgan fingerprint density at radius 3 is 0.712 bits per heavy atom. The minimum Gasteiger partial charge on any atom is -0.494 e. The highest BCUT2D eigenvalue weighted by molar-refractivity contribution is 5.90. The van der Waals surface area contributed by atoms with Gasteiger partial charge in [-0.15, -0.1) is 0 Å². The van der Waals surface area contributed by atoms with Gasteiger partial charge in [-0.1, -0.05) is 194 Å². The van der Waals surface area contributed by atoms with Crippen LogP contribution in [0, 0.1) is 0 Å². The molecule has 0 heterocycles. The highest BCUT2D eigenvalue weighted by atomic mass is 16.5. The summed E-state index contributed by atoms with van der Waals surface area (Å²) in [6.45, 7) is 10.1. The van der Waals surface area contributed by atoms with Crippen molar-refractivity contribution in [3.63, 3.8) is 0 Å². The first-order chi connectivity index (χ1) is 35.9. The van der Waals surface area contributed by atoms with Crippen LogP contribution in [0.1, 0.15) is 244 Å². The smallest absolute Gasteiger partial charge is 0.338 e. The molecule has 3 aromatic carbocycles. The summed E-state index contributed by atoms with van der Waals surface area (Å²) in [6, 6.07) is 21.2. The maximum Gasteiger partial charge on any atom is 0.338 e. The van der Waals surface area contributed by atoms with Crippen LogP contribution in [-0.4, -0.2) is 82.1 Å². The minimum atomic E-state index is -0.439. The number of carbonyl (C=O) groups is 3. The number of carbonyl (C=O) groups excluding carboxylic acids is 3. The molecule has 0 saturated heterocycles. The summed E-state index contributed by atoms with van der Waals surface area (Å²) in [5.41, 5.74) is 1.31. The van der Waals surface area contributed by atoms with Crippen molar-refractivity contribution < 1.29 is 42.8 Å². The molecule has 0 unspecified atom stereocenters. The Labute approximate surface area is 443 Å². The first kappa shape index (κ1) is 62.7. The lowest BCUT2D eigenvalue weighted by atomic mass is 10.1. The van der Waals surface area contributed by atoms with E-state index in [0.717, 1.165) is 55.8 Å². The summed E-state index contributed by atoms with van der Waals surface area (Å²) < 4.78 is 34.8. The van der Waals surface area contributed by atoms with Gasteiger partial charge in [0.05, 0.1) is 36.5 Å². The monoisotopic (exact) mass is 1010 g/mol. The second-order valence-electron chi connectivity index (χ2n) is 19.9. The van der Waals surface area contributed by atoms with E-state index in [0.29, 0.717) is 56.1 Å². The molecule has 3 aromatic rings. The third kappa shape index (κ3) is 32.4. The highest BCUT2D eigenvalue weighted by Gasteiger charge is 2.15. The largest absolute Gasteiger partial charge is 0.494 e. The SMILES string of the molecule is CCCCCCCCCCCCOc1ccc(C(=O)OCCN(CCOC(=O)c2ccc(OCCCCCCCCCCCC)cc2)CCOC(=O)c2ccc(OCCCCCCCCCCCC)cc2)cc1. The van der Waals surface area contributed by atoms with Gasteiger partial charge in [0.25, 0.3) is 0 Å². The van der Waals surface area contributed by atoms with E-state index in [1.807, 2.05) is 41.3 Å². The van der Waals surface area contributed by atoms with Crippen LogP contribution >= 0.6 is 0 Å². The number of ether oxygens (including phenoxy) is 6. The van der Waals surface area contributed by atoms with Gasteiger partial charge >= 0.3 is 17.9 Å². The van der Waals surface area contributed by atoms with E-state index in [2.05, 4.69) is 20.8 Å². The number of rotatable bonds is 48. The summed E-state index contributed by atoms with van der Waals surface area (Å²) in [7, 11) is 0. The number of benzene rings is 3. The van der Waals surface area contributed by atoms with E-state index in [1.165, 1.54) is 154 Å². The Hall–Kier alpha value is -4.57. The lowest BCUT2D eigenvalue weighted by molar-refractivity contribution is 0.0331. The van der Waals surface area contributed by atoms with Crippen LogP contribution in [0.15, 0.2) is 72.8 Å². The molecule has 0 aliphatic heterocycles. The molecule has 0 N–H and O–H groups in total. The second-order valence-corrected chi connectivity index (χ2v) is 19.9. The molecule has 0 saturated carbocycles. The molecule has 0 spiro atoms. The van der Waals surface area contributed by atoms with Crippen LogP contribution in [0.5, 0.6) is 17.2 Å². The zero-order valence-corrected chi connectivity index (χ0v) is 46.1. The Balaban J connectivity index is 1.41. The first-order valence-corrected chi connectivity index (χ1v) is 29.4.